The van der Waals surface area contributed by atoms with E-state index in [2.05, 4.69) is 31.9 Å². The number of ketones is 1. The van der Waals surface area contributed by atoms with Crippen LogP contribution >= 0.6 is 54.5 Å². The van der Waals surface area contributed by atoms with Gasteiger partial charge in [-0.05, 0) is 50.7 Å². The summed E-state index contributed by atoms with van der Waals surface area (Å²) >= 11 is 8.29. The van der Waals surface area contributed by atoms with E-state index in [1.165, 1.54) is 0 Å². The van der Waals surface area contributed by atoms with Crippen LogP contribution in [0, 0.1) is 3.57 Å². The van der Waals surface area contributed by atoms with Gasteiger partial charge in [0.05, 0.1) is 14.5 Å². The first-order valence-corrected chi connectivity index (χ1v) is 6.33. The van der Waals surface area contributed by atoms with E-state index in [9.17, 15) is 9.90 Å². The fourth-order valence-electron chi connectivity index (χ4n) is 0.837. The first-order valence-electron chi connectivity index (χ1n) is 3.34. The maximum atomic E-state index is 11.3. The van der Waals surface area contributed by atoms with Crippen LogP contribution in [0.15, 0.2) is 16.6 Å². The van der Waals surface area contributed by atoms with Gasteiger partial charge in [-0.1, -0.05) is 15.9 Å². The lowest BCUT2D eigenvalue weighted by Gasteiger charge is -2.04. The monoisotopic (exact) mass is 418 g/mol. The predicted octanol–water partition coefficient (Wildman–Crippen LogP) is 3.34. The van der Waals surface area contributed by atoms with E-state index in [-0.39, 0.29) is 16.9 Å². The van der Waals surface area contributed by atoms with Gasteiger partial charge in [0.25, 0.3) is 0 Å². The Bertz CT molecular complexity index is 352. The number of benzene rings is 1. The molecule has 0 aliphatic carbocycles. The summed E-state index contributed by atoms with van der Waals surface area (Å²) in [6.07, 6.45) is 0. The molecule has 5 heteroatoms. The molecule has 1 aromatic carbocycles. The highest BCUT2D eigenvalue weighted by Gasteiger charge is 2.13. The lowest BCUT2D eigenvalue weighted by molar-refractivity contribution is 0.102. The minimum absolute atomic E-state index is 0.0411. The smallest absolute Gasteiger partial charge is 0.177 e. The molecule has 0 bridgehead atoms. The normalized spacial score (nSPS) is 10.1. The zero-order chi connectivity index (χ0) is 10.0. The minimum atomic E-state index is -0.122. The Labute approximate surface area is 106 Å². The van der Waals surface area contributed by atoms with Gasteiger partial charge >= 0.3 is 0 Å². The van der Waals surface area contributed by atoms with Crippen molar-refractivity contribution >= 4 is 60.2 Å². The molecule has 0 atom stereocenters. The zero-order valence-electron chi connectivity index (χ0n) is 6.35. The number of carbonyl (C=O) groups excluding carboxylic acids is 1. The Morgan fingerprint density at radius 1 is 1.54 bits per heavy atom. The van der Waals surface area contributed by atoms with Crippen molar-refractivity contribution in [3.63, 3.8) is 0 Å². The number of phenolic OH excluding ortho intramolecular Hbond substituents is 1. The molecule has 0 heterocycles. The van der Waals surface area contributed by atoms with Crippen molar-refractivity contribution in [2.24, 2.45) is 0 Å². The summed E-state index contributed by atoms with van der Waals surface area (Å²) < 4.78 is 1.45. The standard InChI is InChI=1S/C8H5Br2IO2/c9-3-6(12)4-1-2-5(10)7(11)8(4)13/h1-2,13H,3H2. The lowest BCUT2D eigenvalue weighted by Crippen LogP contribution is -2.01. The largest absolute Gasteiger partial charge is 0.506 e. The number of aromatic hydroxyl groups is 1. The molecular formula is C8H5Br2IO2. The lowest BCUT2D eigenvalue weighted by atomic mass is 10.1. The number of halogens is 3. The maximum Gasteiger partial charge on any atom is 0.177 e. The van der Waals surface area contributed by atoms with Crippen LogP contribution in [0.1, 0.15) is 10.4 Å². The summed E-state index contributed by atoms with van der Waals surface area (Å²) in [5, 5.41) is 9.82. The third kappa shape index (κ3) is 2.44. The van der Waals surface area contributed by atoms with Gasteiger partial charge in [0, 0.05) is 4.47 Å². The quantitative estimate of drug-likeness (QED) is 0.453. The second-order valence-electron chi connectivity index (χ2n) is 2.31. The molecule has 0 aromatic heterocycles. The first kappa shape index (κ1) is 11.5. The van der Waals surface area contributed by atoms with E-state index in [1.807, 2.05) is 22.6 Å². The molecule has 0 radical (unpaired) electrons. The van der Waals surface area contributed by atoms with Gasteiger partial charge in [0.1, 0.15) is 5.75 Å². The van der Waals surface area contributed by atoms with E-state index in [1.54, 1.807) is 12.1 Å². The number of rotatable bonds is 2. The average Bonchev–Trinajstić information content (AvgIpc) is 2.13. The summed E-state index contributed by atoms with van der Waals surface area (Å²) in [6, 6.07) is 3.35. The number of alkyl halides is 1. The van der Waals surface area contributed by atoms with Crippen LogP contribution in [0.5, 0.6) is 5.75 Å². The van der Waals surface area contributed by atoms with Gasteiger partial charge in [-0.3, -0.25) is 4.79 Å². The van der Waals surface area contributed by atoms with E-state index >= 15 is 0 Å². The molecule has 2 nitrogen and oxygen atoms in total. The van der Waals surface area contributed by atoms with Gasteiger partial charge in [-0.15, -0.1) is 0 Å². The molecule has 0 fully saturated rings. The summed E-state index contributed by atoms with van der Waals surface area (Å²) in [5.74, 6) is -0.0812. The van der Waals surface area contributed by atoms with Crippen molar-refractivity contribution in [3.05, 3.63) is 25.7 Å². The Morgan fingerprint density at radius 2 is 2.15 bits per heavy atom. The van der Waals surface area contributed by atoms with Crippen LogP contribution in [-0.4, -0.2) is 16.2 Å². The topological polar surface area (TPSA) is 37.3 Å². The van der Waals surface area contributed by atoms with E-state index in [0.717, 1.165) is 4.47 Å². The minimum Gasteiger partial charge on any atom is -0.506 e. The van der Waals surface area contributed by atoms with Crippen molar-refractivity contribution in [2.75, 3.05) is 5.33 Å². The zero-order valence-corrected chi connectivity index (χ0v) is 11.7. The predicted molar refractivity (Wildman–Crippen MR) is 66.6 cm³/mol. The van der Waals surface area contributed by atoms with Crippen LogP contribution < -0.4 is 0 Å². The van der Waals surface area contributed by atoms with Crippen molar-refractivity contribution in [1.29, 1.82) is 0 Å². The van der Waals surface area contributed by atoms with Gasteiger partial charge < -0.3 is 5.11 Å². The number of hydrogen-bond acceptors (Lipinski definition) is 2. The molecule has 0 amide bonds. The molecule has 13 heavy (non-hydrogen) atoms. The van der Waals surface area contributed by atoms with Crippen LogP contribution in [0.25, 0.3) is 0 Å². The third-order valence-corrected chi connectivity index (χ3v) is 4.49. The second kappa shape index (κ2) is 4.75. The SMILES string of the molecule is O=C(CBr)c1ccc(Br)c(I)c1O. The molecular weight excluding hydrogens is 415 g/mol. The Balaban J connectivity index is 3.26. The summed E-state index contributed by atoms with van der Waals surface area (Å²) in [7, 11) is 0. The number of hydrogen-bond donors (Lipinski definition) is 1. The first-order chi connectivity index (χ1) is 6.07. The van der Waals surface area contributed by atoms with E-state index in [4.69, 9.17) is 0 Å². The molecule has 0 unspecified atom stereocenters. The molecule has 1 rings (SSSR count). The van der Waals surface area contributed by atoms with Gasteiger partial charge in [-0.2, -0.15) is 0 Å². The van der Waals surface area contributed by atoms with Crippen LogP contribution in [-0.2, 0) is 0 Å². The summed E-state index contributed by atoms with van der Waals surface area (Å²) in [4.78, 5) is 11.3. The Morgan fingerprint density at radius 3 is 2.69 bits per heavy atom. The number of phenols is 1. The average molecular weight is 420 g/mol. The molecule has 0 spiro atoms. The van der Waals surface area contributed by atoms with Crippen LogP contribution in [0.2, 0.25) is 0 Å². The fourth-order valence-corrected chi connectivity index (χ4v) is 1.93. The highest BCUT2D eigenvalue weighted by molar-refractivity contribution is 14.1. The Hall–Kier alpha value is 0.380. The maximum absolute atomic E-state index is 11.3. The molecule has 0 aliphatic heterocycles. The molecule has 0 aliphatic rings. The number of carbonyl (C=O) groups is 1. The summed E-state index contributed by atoms with van der Waals surface area (Å²) in [5.41, 5.74) is 0.351. The highest BCUT2D eigenvalue weighted by Crippen LogP contribution is 2.31. The molecule has 0 saturated heterocycles. The van der Waals surface area contributed by atoms with Gasteiger partial charge in [0.15, 0.2) is 5.78 Å². The van der Waals surface area contributed by atoms with Crippen molar-refractivity contribution in [1.82, 2.24) is 0 Å². The van der Waals surface area contributed by atoms with Crippen LogP contribution in [0.4, 0.5) is 0 Å². The molecule has 1 N–H and O–H groups in total. The summed E-state index contributed by atoms with van der Waals surface area (Å²) in [6.45, 7) is 0. The van der Waals surface area contributed by atoms with Gasteiger partial charge in [0.2, 0.25) is 0 Å². The third-order valence-electron chi connectivity index (χ3n) is 1.49. The van der Waals surface area contributed by atoms with Crippen molar-refractivity contribution in [2.45, 2.75) is 0 Å². The second-order valence-corrected chi connectivity index (χ2v) is 4.81. The van der Waals surface area contributed by atoms with E-state index < -0.39 is 0 Å². The van der Waals surface area contributed by atoms with Crippen LogP contribution in [0.3, 0.4) is 0 Å². The van der Waals surface area contributed by atoms with Crippen molar-refractivity contribution in [3.8, 4) is 5.75 Å². The molecule has 0 saturated carbocycles. The van der Waals surface area contributed by atoms with E-state index in [0.29, 0.717) is 9.13 Å². The number of Topliss-reactive ketones (excluding diaryl/α,β-unsaturated/α-hetero) is 1. The fraction of sp³-hybridized carbons (Fsp3) is 0.125. The molecule has 70 valence electrons. The Kier molecular flexibility index (Phi) is 4.18. The van der Waals surface area contributed by atoms with Gasteiger partial charge in [-0.25, -0.2) is 0 Å². The van der Waals surface area contributed by atoms with Crippen molar-refractivity contribution < 1.29 is 9.90 Å². The highest BCUT2D eigenvalue weighted by atomic mass is 127. The molecule has 1 aromatic rings.